The van der Waals surface area contributed by atoms with Gasteiger partial charge in [-0.25, -0.2) is 9.67 Å². The first kappa shape index (κ1) is 15.8. The number of aromatic amines is 2. The number of likely N-dealkylation sites (tertiary alicyclic amines) is 1. The number of aryl methyl sites for hydroxylation is 1. The van der Waals surface area contributed by atoms with Gasteiger partial charge < -0.3 is 4.98 Å². The minimum absolute atomic E-state index is 0.411. The van der Waals surface area contributed by atoms with Crippen molar-refractivity contribution in [2.45, 2.75) is 25.3 Å². The molecule has 0 amide bonds. The zero-order chi connectivity index (χ0) is 17.2. The van der Waals surface area contributed by atoms with Gasteiger partial charge in [0.15, 0.2) is 0 Å². The third-order valence-electron chi connectivity index (χ3n) is 4.92. The van der Waals surface area contributed by atoms with E-state index in [1.165, 1.54) is 0 Å². The van der Waals surface area contributed by atoms with Crippen molar-refractivity contribution in [1.82, 2.24) is 35.1 Å². The fraction of sp³-hybridized carbons (Fsp3) is 0.412. The predicted molar refractivity (Wildman–Crippen MR) is 95.8 cm³/mol. The Morgan fingerprint density at radius 2 is 2.16 bits per heavy atom. The van der Waals surface area contributed by atoms with Crippen molar-refractivity contribution in [2.24, 2.45) is 12.0 Å². The number of piperidine rings is 1. The van der Waals surface area contributed by atoms with Gasteiger partial charge in [-0.2, -0.15) is 5.10 Å². The van der Waals surface area contributed by atoms with E-state index >= 15 is 0 Å². The monoisotopic (exact) mass is 338 g/mol. The highest BCUT2D eigenvalue weighted by Gasteiger charge is 2.27. The highest BCUT2D eigenvalue weighted by molar-refractivity contribution is 5.74. The Morgan fingerprint density at radius 3 is 2.88 bits per heavy atom. The number of hydrogen-bond donors (Lipinski definition) is 2. The zero-order valence-corrected chi connectivity index (χ0v) is 14.3. The second-order valence-electron chi connectivity index (χ2n) is 6.48. The van der Waals surface area contributed by atoms with Crippen molar-refractivity contribution in [3.05, 3.63) is 35.9 Å². The molecule has 0 bridgehead atoms. The lowest BCUT2D eigenvalue weighted by atomic mass is 9.91. The Labute approximate surface area is 146 Å². The maximum absolute atomic E-state index is 4.47. The molecule has 0 aromatic carbocycles. The van der Waals surface area contributed by atoms with E-state index in [0.717, 1.165) is 60.9 Å². The van der Waals surface area contributed by atoms with Gasteiger partial charge in [0.25, 0.3) is 0 Å². The Bertz CT molecular complexity index is 836. The second-order valence-corrected chi connectivity index (χ2v) is 6.48. The number of nitrogens with one attached hydrogen (secondary N) is 2. The molecule has 130 valence electrons. The summed E-state index contributed by atoms with van der Waals surface area (Å²) in [6, 6.07) is 4.04. The molecule has 0 saturated carbocycles. The van der Waals surface area contributed by atoms with Gasteiger partial charge in [0.1, 0.15) is 5.82 Å². The predicted octanol–water partition coefficient (Wildman–Crippen LogP) is 2.24. The van der Waals surface area contributed by atoms with E-state index in [1.807, 2.05) is 30.1 Å². The third kappa shape index (κ3) is 3.00. The Morgan fingerprint density at radius 1 is 1.32 bits per heavy atom. The normalized spacial score (nSPS) is 16.4. The van der Waals surface area contributed by atoms with Crippen molar-refractivity contribution >= 4 is 12.5 Å². The molecule has 1 aliphatic heterocycles. The van der Waals surface area contributed by atoms with Gasteiger partial charge in [0.05, 0.1) is 11.4 Å². The van der Waals surface area contributed by atoms with Crippen LogP contribution in [0.3, 0.4) is 0 Å². The molecule has 0 atom stereocenters. The number of aliphatic imine (C=N–C) groups is 1. The molecule has 8 nitrogen and oxygen atoms in total. The molecular formula is C17H22N8. The van der Waals surface area contributed by atoms with Gasteiger partial charge in [-0.1, -0.05) is 5.21 Å². The van der Waals surface area contributed by atoms with Crippen molar-refractivity contribution in [1.29, 1.82) is 0 Å². The summed E-state index contributed by atoms with van der Waals surface area (Å²) in [5.74, 6) is 1.18. The van der Waals surface area contributed by atoms with Gasteiger partial charge in [-0.05, 0) is 44.8 Å². The van der Waals surface area contributed by atoms with E-state index in [9.17, 15) is 0 Å². The molecule has 8 heteroatoms. The van der Waals surface area contributed by atoms with Gasteiger partial charge >= 0.3 is 0 Å². The summed E-state index contributed by atoms with van der Waals surface area (Å²) in [5.41, 5.74) is 4.27. The SMILES string of the molecule is C=Nc1[nH]ccc1-c1c(C2CCN(Cc3ccn[nH]3)CC2)nnn1C. The number of H-pyrrole nitrogens is 2. The Balaban J connectivity index is 1.51. The highest BCUT2D eigenvalue weighted by Crippen LogP contribution is 2.37. The molecule has 4 rings (SSSR count). The quantitative estimate of drug-likeness (QED) is 0.698. The van der Waals surface area contributed by atoms with Crippen LogP contribution in [-0.2, 0) is 13.6 Å². The van der Waals surface area contributed by atoms with Crippen LogP contribution in [-0.4, -0.2) is 54.9 Å². The summed E-state index contributed by atoms with van der Waals surface area (Å²) >= 11 is 0. The Hall–Kier alpha value is -2.74. The maximum Gasteiger partial charge on any atom is 0.138 e. The molecule has 1 aliphatic rings. The average Bonchev–Trinajstić information content (AvgIpc) is 3.36. The molecule has 4 heterocycles. The molecule has 2 N–H and O–H groups in total. The second kappa shape index (κ2) is 6.64. The van der Waals surface area contributed by atoms with Crippen molar-refractivity contribution in [2.75, 3.05) is 13.1 Å². The van der Waals surface area contributed by atoms with Crippen molar-refractivity contribution in [3.8, 4) is 11.3 Å². The van der Waals surface area contributed by atoms with E-state index in [-0.39, 0.29) is 0 Å². The molecule has 1 saturated heterocycles. The van der Waals surface area contributed by atoms with Gasteiger partial charge in [0.2, 0.25) is 0 Å². The third-order valence-corrected chi connectivity index (χ3v) is 4.92. The molecule has 0 radical (unpaired) electrons. The van der Waals surface area contributed by atoms with E-state index < -0.39 is 0 Å². The topological polar surface area (TPSA) is 90.8 Å². The number of hydrogen-bond acceptors (Lipinski definition) is 5. The minimum atomic E-state index is 0.411. The van der Waals surface area contributed by atoms with Gasteiger partial charge in [0, 0.05) is 43.2 Å². The lowest BCUT2D eigenvalue weighted by Gasteiger charge is -2.31. The van der Waals surface area contributed by atoms with Crippen LogP contribution in [0.2, 0.25) is 0 Å². The van der Waals surface area contributed by atoms with Crippen LogP contribution in [0.5, 0.6) is 0 Å². The average molecular weight is 338 g/mol. The standard InChI is InChI=1S/C17H22N8/c1-18-17-14(4-7-19-17)16-15(22-23-24(16)2)12-5-9-25(10-6-12)11-13-3-8-20-21-13/h3-4,7-8,12,19H,1,5-6,9-11H2,2H3,(H,20,21). The number of rotatable bonds is 5. The van der Waals surface area contributed by atoms with E-state index in [1.54, 1.807) is 6.20 Å². The summed E-state index contributed by atoms with van der Waals surface area (Å²) in [4.78, 5) is 9.64. The fourth-order valence-corrected chi connectivity index (χ4v) is 3.62. The molecule has 3 aromatic rings. The largest absolute Gasteiger partial charge is 0.346 e. The maximum atomic E-state index is 4.47. The van der Waals surface area contributed by atoms with Crippen LogP contribution < -0.4 is 0 Å². The summed E-state index contributed by atoms with van der Waals surface area (Å²) in [7, 11) is 1.93. The smallest absolute Gasteiger partial charge is 0.138 e. The van der Waals surface area contributed by atoms with Gasteiger partial charge in [-0.3, -0.25) is 10.00 Å². The molecule has 1 fully saturated rings. The highest BCUT2D eigenvalue weighted by atomic mass is 15.4. The zero-order valence-electron chi connectivity index (χ0n) is 14.3. The molecular weight excluding hydrogens is 316 g/mol. The molecule has 0 unspecified atom stereocenters. The molecule has 25 heavy (non-hydrogen) atoms. The van der Waals surface area contributed by atoms with E-state index in [2.05, 4.69) is 42.1 Å². The van der Waals surface area contributed by atoms with E-state index in [0.29, 0.717) is 5.92 Å². The summed E-state index contributed by atoms with van der Waals surface area (Å²) < 4.78 is 1.84. The number of aromatic nitrogens is 6. The molecule has 0 spiro atoms. The van der Waals surface area contributed by atoms with Crippen LogP contribution in [0.25, 0.3) is 11.3 Å². The summed E-state index contributed by atoms with van der Waals surface area (Å²) in [6.07, 6.45) is 5.82. The van der Waals surface area contributed by atoms with Crippen LogP contribution in [0.4, 0.5) is 5.82 Å². The molecule has 0 aliphatic carbocycles. The molecule has 3 aromatic heterocycles. The van der Waals surface area contributed by atoms with Crippen LogP contribution in [0.1, 0.15) is 30.1 Å². The first-order valence-electron chi connectivity index (χ1n) is 8.51. The first-order chi connectivity index (χ1) is 12.3. The van der Waals surface area contributed by atoms with E-state index in [4.69, 9.17) is 0 Å². The minimum Gasteiger partial charge on any atom is -0.346 e. The van der Waals surface area contributed by atoms with Crippen LogP contribution in [0, 0.1) is 0 Å². The van der Waals surface area contributed by atoms with Crippen LogP contribution in [0.15, 0.2) is 29.5 Å². The first-order valence-corrected chi connectivity index (χ1v) is 8.51. The van der Waals surface area contributed by atoms with Gasteiger partial charge in [-0.15, -0.1) is 5.10 Å². The fourth-order valence-electron chi connectivity index (χ4n) is 3.62. The Kier molecular flexibility index (Phi) is 4.19. The summed E-state index contributed by atoms with van der Waals surface area (Å²) in [6.45, 7) is 6.65. The lowest BCUT2D eigenvalue weighted by Crippen LogP contribution is -2.32. The summed E-state index contributed by atoms with van der Waals surface area (Å²) in [5, 5.41) is 15.8. The van der Waals surface area contributed by atoms with Crippen LogP contribution >= 0.6 is 0 Å². The number of nitrogens with zero attached hydrogens (tertiary/aromatic N) is 6. The lowest BCUT2D eigenvalue weighted by molar-refractivity contribution is 0.201. The van der Waals surface area contributed by atoms with Crippen molar-refractivity contribution in [3.63, 3.8) is 0 Å². The van der Waals surface area contributed by atoms with Crippen molar-refractivity contribution < 1.29 is 0 Å².